The Kier molecular flexibility index (Phi) is 3.10. The average molecular weight is 297 g/mol. The molecule has 22 heavy (non-hydrogen) atoms. The van der Waals surface area contributed by atoms with E-state index in [1.807, 2.05) is 17.2 Å². The molecule has 0 spiro atoms. The van der Waals surface area contributed by atoms with Crippen LogP contribution in [0.2, 0.25) is 0 Å². The maximum atomic E-state index is 11.9. The first-order valence-electron chi connectivity index (χ1n) is 7.74. The quantitative estimate of drug-likeness (QED) is 0.855. The van der Waals surface area contributed by atoms with Crippen LogP contribution in [0.5, 0.6) is 0 Å². The maximum Gasteiger partial charge on any atom is 0.246 e. The van der Waals surface area contributed by atoms with Gasteiger partial charge in [-0.1, -0.05) is 6.58 Å². The Morgan fingerprint density at radius 1 is 1.36 bits per heavy atom. The zero-order valence-electron chi connectivity index (χ0n) is 12.4. The molecule has 4 rings (SSSR count). The number of H-pyrrole nitrogens is 1. The monoisotopic (exact) mass is 297 g/mol. The van der Waals surface area contributed by atoms with Crippen molar-refractivity contribution in [2.24, 2.45) is 5.92 Å². The summed E-state index contributed by atoms with van der Waals surface area (Å²) in [7, 11) is 0. The Bertz CT molecular complexity index is 724. The summed E-state index contributed by atoms with van der Waals surface area (Å²) in [6.45, 7) is 6.18. The van der Waals surface area contributed by atoms with Crippen molar-refractivity contribution >= 4 is 22.8 Å². The van der Waals surface area contributed by atoms with E-state index in [9.17, 15) is 4.79 Å². The molecule has 4 heterocycles. The van der Waals surface area contributed by atoms with Crippen LogP contribution in [0.15, 0.2) is 31.2 Å². The van der Waals surface area contributed by atoms with E-state index in [1.54, 1.807) is 6.33 Å². The van der Waals surface area contributed by atoms with E-state index in [-0.39, 0.29) is 5.91 Å². The van der Waals surface area contributed by atoms with Crippen molar-refractivity contribution in [2.75, 3.05) is 24.5 Å². The van der Waals surface area contributed by atoms with Gasteiger partial charge in [0.05, 0.1) is 11.4 Å². The lowest BCUT2D eigenvalue weighted by molar-refractivity contribution is -0.127. The van der Waals surface area contributed by atoms with Gasteiger partial charge in [0.1, 0.15) is 17.8 Å². The number of aromatic amines is 1. The second-order valence-electron chi connectivity index (χ2n) is 6.02. The predicted octanol–water partition coefficient (Wildman–Crippen LogP) is 1.57. The summed E-state index contributed by atoms with van der Waals surface area (Å²) in [5.74, 6) is 1.64. The molecule has 0 unspecified atom stereocenters. The summed E-state index contributed by atoms with van der Waals surface area (Å²) in [5, 5.41) is 1.05. The molecule has 0 aromatic carbocycles. The van der Waals surface area contributed by atoms with Gasteiger partial charge in [-0.2, -0.15) is 0 Å². The first-order chi connectivity index (χ1) is 10.8. The number of amides is 1. The van der Waals surface area contributed by atoms with Gasteiger partial charge in [0, 0.05) is 25.8 Å². The van der Waals surface area contributed by atoms with E-state index < -0.39 is 0 Å². The van der Waals surface area contributed by atoms with E-state index in [0.29, 0.717) is 12.0 Å². The highest BCUT2D eigenvalue weighted by Crippen LogP contribution is 2.36. The number of nitrogens with one attached hydrogen (secondary N) is 1. The molecule has 0 radical (unpaired) electrons. The summed E-state index contributed by atoms with van der Waals surface area (Å²) >= 11 is 0. The molecular formula is C16H19N5O. The van der Waals surface area contributed by atoms with Crippen LogP contribution in [0.3, 0.4) is 0 Å². The van der Waals surface area contributed by atoms with Crippen molar-refractivity contribution in [3.8, 4) is 0 Å². The molecule has 6 nitrogen and oxygen atoms in total. The number of hydrogen-bond acceptors (Lipinski definition) is 4. The van der Waals surface area contributed by atoms with Gasteiger partial charge in [-0.3, -0.25) is 4.79 Å². The first-order valence-corrected chi connectivity index (χ1v) is 7.74. The number of carbonyl (C=O) groups is 1. The Morgan fingerprint density at radius 2 is 2.23 bits per heavy atom. The topological polar surface area (TPSA) is 65.1 Å². The number of nitrogens with zero attached hydrogens (tertiary/aromatic N) is 4. The highest BCUT2D eigenvalue weighted by molar-refractivity contribution is 5.88. The Hall–Kier alpha value is -2.37. The zero-order chi connectivity index (χ0) is 15.1. The van der Waals surface area contributed by atoms with Crippen molar-refractivity contribution in [1.82, 2.24) is 19.9 Å². The second kappa shape index (κ2) is 5.12. The van der Waals surface area contributed by atoms with Crippen molar-refractivity contribution < 1.29 is 4.79 Å². The third-order valence-electron chi connectivity index (χ3n) is 4.95. The molecular weight excluding hydrogens is 278 g/mol. The normalized spacial score (nSPS) is 24.5. The number of piperidine rings is 1. The highest BCUT2D eigenvalue weighted by atomic mass is 16.2. The number of rotatable bonds is 2. The largest absolute Gasteiger partial charge is 0.351 e. The predicted molar refractivity (Wildman–Crippen MR) is 84.5 cm³/mol. The summed E-state index contributed by atoms with van der Waals surface area (Å²) < 4.78 is 0. The van der Waals surface area contributed by atoms with Crippen LogP contribution < -0.4 is 4.90 Å². The second-order valence-corrected chi connectivity index (χ2v) is 6.02. The van der Waals surface area contributed by atoms with Crippen LogP contribution in [0.4, 0.5) is 5.82 Å². The molecule has 2 aromatic heterocycles. The summed E-state index contributed by atoms with van der Waals surface area (Å²) in [4.78, 5) is 28.1. The fourth-order valence-corrected chi connectivity index (χ4v) is 3.82. The molecule has 2 aliphatic rings. The van der Waals surface area contributed by atoms with Crippen molar-refractivity contribution in [2.45, 2.75) is 18.9 Å². The number of fused-ring (bicyclic) bond motifs is 2. The van der Waals surface area contributed by atoms with Gasteiger partial charge in [-0.05, 0) is 30.9 Å². The number of carbonyl (C=O) groups excluding carboxylic acids is 1. The number of anilines is 1. The van der Waals surface area contributed by atoms with Crippen LogP contribution in [0.25, 0.3) is 11.0 Å². The van der Waals surface area contributed by atoms with Crippen LogP contribution in [-0.4, -0.2) is 51.4 Å². The minimum absolute atomic E-state index is 0.0276. The molecule has 2 fully saturated rings. The van der Waals surface area contributed by atoms with Crippen LogP contribution in [0, 0.1) is 5.92 Å². The zero-order valence-corrected chi connectivity index (χ0v) is 12.4. The molecule has 114 valence electrons. The van der Waals surface area contributed by atoms with Crippen LogP contribution in [-0.2, 0) is 4.79 Å². The fraction of sp³-hybridized carbons (Fsp3) is 0.438. The van der Waals surface area contributed by atoms with E-state index in [1.165, 1.54) is 6.08 Å². The van der Waals surface area contributed by atoms with Gasteiger partial charge in [0.15, 0.2) is 0 Å². The van der Waals surface area contributed by atoms with E-state index in [2.05, 4.69) is 26.4 Å². The molecule has 2 aromatic rings. The van der Waals surface area contributed by atoms with Gasteiger partial charge >= 0.3 is 0 Å². The molecule has 1 N–H and O–H groups in total. The molecule has 6 heteroatoms. The molecule has 0 bridgehead atoms. The van der Waals surface area contributed by atoms with E-state index in [4.69, 9.17) is 0 Å². The summed E-state index contributed by atoms with van der Waals surface area (Å²) in [6.07, 6.45) is 7.13. The molecule has 2 aliphatic heterocycles. The van der Waals surface area contributed by atoms with Gasteiger partial charge < -0.3 is 14.8 Å². The van der Waals surface area contributed by atoms with Crippen molar-refractivity contribution in [1.29, 1.82) is 0 Å². The SMILES string of the molecule is C=CC(=O)N1CC[C@H]2CCN(c3ncnc4[nH]ccc34)[C@@H]2C1. The highest BCUT2D eigenvalue weighted by Gasteiger charge is 2.40. The lowest BCUT2D eigenvalue weighted by Crippen LogP contribution is -2.50. The van der Waals surface area contributed by atoms with Gasteiger partial charge in [0.25, 0.3) is 0 Å². The Morgan fingerprint density at radius 3 is 3.09 bits per heavy atom. The molecule has 1 amide bonds. The summed E-state index contributed by atoms with van der Waals surface area (Å²) in [6, 6.07) is 2.36. The van der Waals surface area contributed by atoms with Gasteiger partial charge in [-0.15, -0.1) is 0 Å². The first kappa shape index (κ1) is 13.3. The van der Waals surface area contributed by atoms with Gasteiger partial charge in [0.2, 0.25) is 5.91 Å². The Balaban J connectivity index is 1.66. The number of likely N-dealkylation sites (tertiary alicyclic amines) is 1. The van der Waals surface area contributed by atoms with E-state index in [0.717, 1.165) is 49.3 Å². The third-order valence-corrected chi connectivity index (χ3v) is 4.95. The average Bonchev–Trinajstić information content (AvgIpc) is 3.19. The molecule has 0 saturated carbocycles. The third kappa shape index (κ3) is 1.98. The molecule has 2 atom stereocenters. The maximum absolute atomic E-state index is 11.9. The van der Waals surface area contributed by atoms with Gasteiger partial charge in [-0.25, -0.2) is 9.97 Å². The molecule has 0 aliphatic carbocycles. The number of hydrogen-bond donors (Lipinski definition) is 1. The van der Waals surface area contributed by atoms with E-state index >= 15 is 0 Å². The fourth-order valence-electron chi connectivity index (χ4n) is 3.82. The smallest absolute Gasteiger partial charge is 0.246 e. The number of aromatic nitrogens is 3. The van der Waals surface area contributed by atoms with Crippen LogP contribution >= 0.6 is 0 Å². The minimum atomic E-state index is 0.0276. The Labute approximate surface area is 128 Å². The van der Waals surface area contributed by atoms with Crippen LogP contribution in [0.1, 0.15) is 12.8 Å². The molecule has 2 saturated heterocycles. The standard InChI is InChI=1S/C16H19N5O/c1-2-14(22)20-7-4-11-5-8-21(13(11)9-20)16-12-3-6-17-15(12)18-10-19-16/h2-3,6,10-11,13H,1,4-5,7-9H2,(H,17,18,19)/t11-,13+/m0/s1. The lowest BCUT2D eigenvalue weighted by Gasteiger charge is -2.38. The van der Waals surface area contributed by atoms with Crippen molar-refractivity contribution in [3.05, 3.63) is 31.2 Å². The minimum Gasteiger partial charge on any atom is -0.351 e. The summed E-state index contributed by atoms with van der Waals surface area (Å²) in [5.41, 5.74) is 0.864. The lowest BCUT2D eigenvalue weighted by atomic mass is 9.92. The van der Waals surface area contributed by atoms with Crippen molar-refractivity contribution in [3.63, 3.8) is 0 Å².